The largest absolute Gasteiger partial charge is 0.443 e. The predicted molar refractivity (Wildman–Crippen MR) is 131 cm³/mol. The lowest BCUT2D eigenvalue weighted by molar-refractivity contribution is 0.0570. The SMILES string of the molecule is Cn1c([C@H]2[C@H](c3ccc(S(=O)(=O)NC(=O)OC(C)(C)C)cc3)C2(C)C)cnc1-c1cccc(F)c1. The fourth-order valence-corrected chi connectivity index (χ4v) is 5.61. The van der Waals surface area contributed by atoms with Gasteiger partial charge in [0.2, 0.25) is 0 Å². The van der Waals surface area contributed by atoms with Crippen molar-refractivity contribution in [2.75, 3.05) is 0 Å². The summed E-state index contributed by atoms with van der Waals surface area (Å²) in [5.41, 5.74) is 1.84. The molecule has 186 valence electrons. The first-order valence-electron chi connectivity index (χ1n) is 11.3. The highest BCUT2D eigenvalue weighted by Crippen LogP contribution is 2.69. The molecule has 1 aliphatic rings. The number of rotatable bonds is 5. The molecular formula is C26H30FN3O4S. The van der Waals surface area contributed by atoms with Crippen LogP contribution < -0.4 is 4.72 Å². The summed E-state index contributed by atoms with van der Waals surface area (Å²) in [6.07, 6.45) is 0.811. The maximum atomic E-state index is 13.7. The number of carbonyl (C=O) groups excluding carboxylic acids is 1. The molecule has 4 rings (SSSR count). The molecular weight excluding hydrogens is 469 g/mol. The van der Waals surface area contributed by atoms with E-state index >= 15 is 0 Å². The summed E-state index contributed by atoms with van der Waals surface area (Å²) in [4.78, 5) is 16.5. The summed E-state index contributed by atoms with van der Waals surface area (Å²) in [6.45, 7) is 9.29. The second kappa shape index (κ2) is 8.48. The number of nitrogens with one attached hydrogen (secondary N) is 1. The number of imidazole rings is 1. The van der Waals surface area contributed by atoms with Gasteiger partial charge >= 0.3 is 6.09 Å². The van der Waals surface area contributed by atoms with Gasteiger partial charge in [-0.05, 0) is 61.9 Å². The van der Waals surface area contributed by atoms with E-state index in [4.69, 9.17) is 4.74 Å². The van der Waals surface area contributed by atoms with Gasteiger partial charge in [0, 0.05) is 30.4 Å². The average molecular weight is 500 g/mol. The second-order valence-electron chi connectivity index (χ2n) is 10.5. The number of sulfonamides is 1. The molecule has 3 aromatic rings. The van der Waals surface area contributed by atoms with Gasteiger partial charge in [0.05, 0.1) is 4.90 Å². The van der Waals surface area contributed by atoms with Crippen molar-refractivity contribution in [3.63, 3.8) is 0 Å². The Labute approximate surface area is 205 Å². The zero-order valence-corrected chi connectivity index (χ0v) is 21.5. The summed E-state index contributed by atoms with van der Waals surface area (Å²) < 4.78 is 47.9. The number of aromatic nitrogens is 2. The van der Waals surface area contributed by atoms with Gasteiger partial charge in [0.15, 0.2) is 0 Å². The van der Waals surface area contributed by atoms with E-state index in [1.807, 2.05) is 28.6 Å². The molecule has 0 saturated heterocycles. The Balaban J connectivity index is 1.55. The lowest BCUT2D eigenvalue weighted by atomic mass is 10.0. The van der Waals surface area contributed by atoms with Crippen LogP contribution in [0.3, 0.4) is 0 Å². The molecule has 35 heavy (non-hydrogen) atoms. The molecule has 1 N–H and O–H groups in total. The average Bonchev–Trinajstić information content (AvgIpc) is 3.09. The Morgan fingerprint density at radius 3 is 2.37 bits per heavy atom. The molecule has 0 bridgehead atoms. The quantitative estimate of drug-likeness (QED) is 0.511. The molecule has 1 amide bonds. The van der Waals surface area contributed by atoms with Crippen molar-refractivity contribution in [1.29, 1.82) is 0 Å². The number of ether oxygens (including phenoxy) is 1. The molecule has 1 fully saturated rings. The van der Waals surface area contributed by atoms with Crippen molar-refractivity contribution in [3.8, 4) is 11.4 Å². The van der Waals surface area contributed by atoms with Gasteiger partial charge in [-0.1, -0.05) is 38.1 Å². The number of benzene rings is 2. The molecule has 1 heterocycles. The molecule has 7 nitrogen and oxygen atoms in total. The van der Waals surface area contributed by atoms with Crippen molar-refractivity contribution in [3.05, 3.63) is 71.8 Å². The first-order chi connectivity index (χ1) is 16.2. The maximum absolute atomic E-state index is 13.7. The van der Waals surface area contributed by atoms with E-state index in [1.54, 1.807) is 39.0 Å². The summed E-state index contributed by atoms with van der Waals surface area (Å²) >= 11 is 0. The van der Waals surface area contributed by atoms with Crippen LogP contribution in [-0.4, -0.2) is 29.7 Å². The van der Waals surface area contributed by atoms with Gasteiger partial charge in [-0.15, -0.1) is 0 Å². The smallest absolute Gasteiger partial charge is 0.421 e. The van der Waals surface area contributed by atoms with Gasteiger partial charge in [-0.3, -0.25) is 0 Å². The number of nitrogens with zero attached hydrogens (tertiary/aromatic N) is 2. The lowest BCUT2D eigenvalue weighted by Gasteiger charge is -2.19. The Bertz CT molecular complexity index is 1370. The van der Waals surface area contributed by atoms with Gasteiger partial charge in [0.25, 0.3) is 10.0 Å². The summed E-state index contributed by atoms with van der Waals surface area (Å²) in [6, 6.07) is 12.9. The fraction of sp³-hybridized carbons (Fsp3) is 0.385. The second-order valence-corrected chi connectivity index (χ2v) is 12.2. The van der Waals surface area contributed by atoms with Crippen molar-refractivity contribution >= 4 is 16.1 Å². The van der Waals surface area contributed by atoms with Gasteiger partial charge in [-0.2, -0.15) is 0 Å². The minimum atomic E-state index is -4.06. The van der Waals surface area contributed by atoms with Crippen molar-refractivity contribution in [2.45, 2.75) is 57.0 Å². The summed E-state index contributed by atoms with van der Waals surface area (Å²) in [5, 5.41) is 0. The molecule has 2 atom stereocenters. The van der Waals surface area contributed by atoms with Crippen LogP contribution in [0.15, 0.2) is 59.6 Å². The van der Waals surface area contributed by atoms with Crippen molar-refractivity contribution in [1.82, 2.24) is 14.3 Å². The van der Waals surface area contributed by atoms with Gasteiger partial charge < -0.3 is 9.30 Å². The minimum absolute atomic E-state index is 0.0176. The normalized spacial score (nSPS) is 19.3. The van der Waals surface area contributed by atoms with Crippen LogP contribution in [0.2, 0.25) is 0 Å². The predicted octanol–water partition coefficient (Wildman–Crippen LogP) is 5.35. The molecule has 9 heteroatoms. The van der Waals surface area contributed by atoms with E-state index in [0.29, 0.717) is 11.4 Å². The van der Waals surface area contributed by atoms with E-state index in [-0.39, 0.29) is 28.0 Å². The Morgan fingerprint density at radius 1 is 1.11 bits per heavy atom. The van der Waals surface area contributed by atoms with Crippen molar-refractivity contribution in [2.24, 2.45) is 12.5 Å². The van der Waals surface area contributed by atoms with Crippen LogP contribution in [0.1, 0.15) is 57.7 Å². The molecule has 1 aliphatic carbocycles. The number of halogens is 1. The van der Waals surface area contributed by atoms with E-state index in [9.17, 15) is 17.6 Å². The van der Waals surface area contributed by atoms with Crippen molar-refractivity contribution < 1.29 is 22.3 Å². The van der Waals surface area contributed by atoms with E-state index < -0.39 is 21.7 Å². The molecule has 0 radical (unpaired) electrons. The van der Waals surface area contributed by atoms with Crippen LogP contribution >= 0.6 is 0 Å². The number of carbonyl (C=O) groups is 1. The lowest BCUT2D eigenvalue weighted by Crippen LogP contribution is -2.36. The third-order valence-electron chi connectivity index (χ3n) is 6.42. The van der Waals surface area contributed by atoms with Gasteiger partial charge in [0.1, 0.15) is 17.2 Å². The topological polar surface area (TPSA) is 90.3 Å². The summed E-state index contributed by atoms with van der Waals surface area (Å²) in [5.74, 6) is 0.682. The highest BCUT2D eigenvalue weighted by Gasteiger charge is 2.60. The maximum Gasteiger partial charge on any atom is 0.421 e. The first-order valence-corrected chi connectivity index (χ1v) is 12.8. The third kappa shape index (κ3) is 4.96. The Hall–Kier alpha value is -3.20. The van der Waals surface area contributed by atoms with Crippen LogP contribution in [0.25, 0.3) is 11.4 Å². The summed E-state index contributed by atoms with van der Waals surface area (Å²) in [7, 11) is -2.13. The fourth-order valence-electron chi connectivity index (χ4n) is 4.74. The van der Waals surface area contributed by atoms with Gasteiger partial charge in [-0.25, -0.2) is 27.3 Å². The van der Waals surface area contributed by atoms with E-state index in [2.05, 4.69) is 18.8 Å². The van der Waals surface area contributed by atoms with Crippen LogP contribution in [-0.2, 0) is 21.8 Å². The van der Waals surface area contributed by atoms with Crippen LogP contribution in [0.4, 0.5) is 9.18 Å². The molecule has 1 aromatic heterocycles. The van der Waals surface area contributed by atoms with E-state index in [1.165, 1.54) is 24.3 Å². The number of hydrogen-bond acceptors (Lipinski definition) is 5. The molecule has 2 aromatic carbocycles. The standard InChI is InChI=1S/C26H30FN3O4S/c1-25(2,3)34-24(31)29-35(32,33)19-12-10-16(11-13-19)21-22(26(21,4)5)20-15-28-23(30(20)6)17-8-7-9-18(27)14-17/h7-15,21-22H,1-6H3,(H,29,31)/t21-,22-/m0/s1. The highest BCUT2D eigenvalue weighted by atomic mass is 32.2. The zero-order valence-electron chi connectivity index (χ0n) is 20.7. The van der Waals surface area contributed by atoms with Crippen LogP contribution in [0.5, 0.6) is 0 Å². The van der Waals surface area contributed by atoms with E-state index in [0.717, 1.165) is 11.3 Å². The Kier molecular flexibility index (Phi) is 6.03. The number of amides is 1. The van der Waals surface area contributed by atoms with Crippen LogP contribution in [0, 0.1) is 11.2 Å². The molecule has 0 unspecified atom stereocenters. The minimum Gasteiger partial charge on any atom is -0.443 e. The molecule has 1 saturated carbocycles. The molecule has 0 spiro atoms. The third-order valence-corrected chi connectivity index (χ3v) is 7.75. The monoisotopic (exact) mass is 499 g/mol. The Morgan fingerprint density at radius 2 is 1.77 bits per heavy atom. The highest BCUT2D eigenvalue weighted by molar-refractivity contribution is 7.90. The first kappa shape index (κ1) is 24.9. The number of hydrogen-bond donors (Lipinski definition) is 1. The zero-order chi connectivity index (χ0) is 25.8. The molecule has 0 aliphatic heterocycles.